The van der Waals surface area contributed by atoms with Gasteiger partial charge in [-0.1, -0.05) is 91.0 Å². The van der Waals surface area contributed by atoms with Gasteiger partial charge in [0.05, 0.1) is 30.2 Å². The molecule has 0 unspecified atom stereocenters. The van der Waals surface area contributed by atoms with Crippen LogP contribution in [-0.2, 0) is 44.5 Å². The van der Waals surface area contributed by atoms with Crippen molar-refractivity contribution in [1.82, 2.24) is 0 Å². The molecule has 0 N–H and O–H groups in total. The predicted molar refractivity (Wildman–Crippen MR) is 189 cm³/mol. The number of rotatable bonds is 12. The van der Waals surface area contributed by atoms with Crippen LogP contribution in [0.5, 0.6) is 17.2 Å². The van der Waals surface area contributed by atoms with Crippen LogP contribution in [0.15, 0.2) is 178 Å². The van der Waals surface area contributed by atoms with Crippen molar-refractivity contribution in [3.63, 3.8) is 0 Å². The van der Waals surface area contributed by atoms with Crippen LogP contribution >= 0.6 is 0 Å². The molecule has 0 aliphatic rings. The summed E-state index contributed by atoms with van der Waals surface area (Å²) in [4.78, 5) is 40.7. The first-order valence-electron chi connectivity index (χ1n) is 15.8. The summed E-state index contributed by atoms with van der Waals surface area (Å²) in [5.41, 5.74) is 2.65. The van der Waals surface area contributed by atoms with Gasteiger partial charge in [0.15, 0.2) is 14.7 Å². The molecule has 0 radical (unpaired) electrons. The summed E-state index contributed by atoms with van der Waals surface area (Å²) in [7, 11) is -0.593. The second-order valence-electron chi connectivity index (χ2n) is 11.1. The standard InChI is InChI=1S/C42H33O6S/c43-40(28-31-10-4-1-5-11-31)46-34-16-22-37(23-17-34)49(38-24-18-35(19-25-38)47-41(44)29-32-12-6-2-7-13-32)39-26-20-36(21-27-39)48-42(45)30-33-14-8-3-9-15-33/h1-27H,28-30H2/q+1. The molecule has 49 heavy (non-hydrogen) atoms. The summed E-state index contributed by atoms with van der Waals surface area (Å²) >= 11 is 0. The monoisotopic (exact) mass is 665 g/mol. The van der Waals surface area contributed by atoms with Gasteiger partial charge < -0.3 is 14.2 Å². The predicted octanol–water partition coefficient (Wildman–Crippen LogP) is 8.23. The van der Waals surface area contributed by atoms with Gasteiger partial charge in [-0.25, -0.2) is 0 Å². The Balaban J connectivity index is 1.19. The summed E-state index contributed by atoms with van der Waals surface area (Å²) in [5.74, 6) is 0.340. The molecule has 0 aromatic heterocycles. The first kappa shape index (κ1) is 33.0. The van der Waals surface area contributed by atoms with E-state index >= 15 is 0 Å². The molecule has 0 aliphatic carbocycles. The van der Waals surface area contributed by atoms with E-state index in [1.807, 2.05) is 127 Å². The lowest BCUT2D eigenvalue weighted by Crippen LogP contribution is -2.12. The lowest BCUT2D eigenvalue weighted by molar-refractivity contribution is -0.134. The van der Waals surface area contributed by atoms with E-state index < -0.39 is 10.9 Å². The van der Waals surface area contributed by atoms with E-state index in [0.29, 0.717) is 17.2 Å². The molecule has 0 aliphatic heterocycles. The second-order valence-corrected chi connectivity index (χ2v) is 13.2. The lowest BCUT2D eigenvalue weighted by Gasteiger charge is -2.11. The Labute approximate surface area is 288 Å². The maximum absolute atomic E-state index is 12.6. The summed E-state index contributed by atoms with van der Waals surface area (Å²) in [6.07, 6.45) is 0.534. The Morgan fingerprint density at radius 3 is 0.837 bits per heavy atom. The van der Waals surface area contributed by atoms with Crippen LogP contribution in [0.25, 0.3) is 0 Å². The Morgan fingerprint density at radius 1 is 0.347 bits per heavy atom. The van der Waals surface area contributed by atoms with Crippen LogP contribution in [0, 0.1) is 0 Å². The molecule has 7 heteroatoms. The van der Waals surface area contributed by atoms with Crippen LogP contribution in [-0.4, -0.2) is 17.9 Å². The number of esters is 3. The third-order valence-corrected chi connectivity index (χ3v) is 9.68. The normalized spacial score (nSPS) is 10.7. The molecule has 0 heterocycles. The van der Waals surface area contributed by atoms with Crippen molar-refractivity contribution in [3.8, 4) is 17.2 Å². The number of carbonyl (C=O) groups is 3. The van der Waals surface area contributed by atoms with Crippen molar-refractivity contribution in [3.05, 3.63) is 180 Å². The topological polar surface area (TPSA) is 78.9 Å². The summed E-state index contributed by atoms with van der Waals surface area (Å²) < 4.78 is 16.9. The Morgan fingerprint density at radius 2 is 0.592 bits per heavy atom. The van der Waals surface area contributed by atoms with Gasteiger partial charge in [-0.05, 0) is 89.5 Å². The van der Waals surface area contributed by atoms with Crippen molar-refractivity contribution < 1.29 is 28.6 Å². The molecular formula is C42H33O6S+. The number of hydrogen-bond acceptors (Lipinski definition) is 6. The number of benzene rings is 6. The molecule has 0 saturated carbocycles. The van der Waals surface area contributed by atoms with Gasteiger partial charge in [-0.3, -0.25) is 14.4 Å². The molecular weight excluding hydrogens is 633 g/mol. The molecule has 6 nitrogen and oxygen atoms in total. The fourth-order valence-electron chi connectivity index (χ4n) is 5.13. The molecule has 6 aromatic rings. The van der Waals surface area contributed by atoms with Crippen molar-refractivity contribution in [1.29, 1.82) is 0 Å². The summed E-state index contributed by atoms with van der Waals surface area (Å²) in [5, 5.41) is 0. The highest BCUT2D eigenvalue weighted by molar-refractivity contribution is 7.97. The Kier molecular flexibility index (Phi) is 11.0. The van der Waals surface area contributed by atoms with E-state index in [4.69, 9.17) is 14.2 Å². The van der Waals surface area contributed by atoms with Gasteiger partial charge >= 0.3 is 17.9 Å². The zero-order valence-corrected chi connectivity index (χ0v) is 27.4. The molecule has 0 spiro atoms. The van der Waals surface area contributed by atoms with E-state index in [-0.39, 0.29) is 37.2 Å². The average Bonchev–Trinajstić information content (AvgIpc) is 3.12. The van der Waals surface area contributed by atoms with Gasteiger partial charge in [0, 0.05) is 0 Å². The molecule has 6 aromatic carbocycles. The molecule has 0 atom stereocenters. The van der Waals surface area contributed by atoms with Crippen molar-refractivity contribution in [2.45, 2.75) is 33.9 Å². The maximum atomic E-state index is 12.6. The smallest absolute Gasteiger partial charge is 0.315 e. The van der Waals surface area contributed by atoms with Gasteiger partial charge in [-0.2, -0.15) is 0 Å². The quantitative estimate of drug-likeness (QED) is 0.0745. The van der Waals surface area contributed by atoms with Gasteiger partial charge in [0.2, 0.25) is 0 Å². The molecule has 0 fully saturated rings. The van der Waals surface area contributed by atoms with Crippen molar-refractivity contribution in [2.75, 3.05) is 0 Å². The van der Waals surface area contributed by atoms with Gasteiger partial charge in [-0.15, -0.1) is 0 Å². The maximum Gasteiger partial charge on any atom is 0.315 e. The minimum atomic E-state index is -0.593. The molecule has 0 bridgehead atoms. The minimum absolute atomic E-state index is 0.178. The van der Waals surface area contributed by atoms with E-state index in [9.17, 15) is 14.4 Å². The largest absolute Gasteiger partial charge is 0.426 e. The molecule has 6 rings (SSSR count). The third-order valence-electron chi connectivity index (χ3n) is 7.45. The average molecular weight is 666 g/mol. The second kappa shape index (κ2) is 16.3. The van der Waals surface area contributed by atoms with E-state index in [1.54, 1.807) is 36.4 Å². The zero-order valence-electron chi connectivity index (χ0n) is 26.6. The van der Waals surface area contributed by atoms with Crippen molar-refractivity contribution in [2.24, 2.45) is 0 Å². The molecule has 0 saturated heterocycles. The van der Waals surface area contributed by atoms with Gasteiger partial charge in [0.1, 0.15) is 17.2 Å². The van der Waals surface area contributed by atoms with Crippen LogP contribution in [0.1, 0.15) is 16.7 Å². The first-order valence-corrected chi connectivity index (χ1v) is 17.0. The fourth-order valence-corrected chi connectivity index (χ4v) is 7.17. The number of ether oxygens (including phenoxy) is 3. The first-order chi connectivity index (χ1) is 24.0. The van der Waals surface area contributed by atoms with E-state index in [1.165, 1.54) is 0 Å². The van der Waals surface area contributed by atoms with Crippen LogP contribution in [0.2, 0.25) is 0 Å². The van der Waals surface area contributed by atoms with Crippen LogP contribution in [0.4, 0.5) is 0 Å². The highest BCUT2D eigenvalue weighted by Crippen LogP contribution is 2.34. The van der Waals surface area contributed by atoms with Crippen LogP contribution < -0.4 is 14.2 Å². The highest BCUT2D eigenvalue weighted by Gasteiger charge is 2.29. The molecule has 0 amide bonds. The van der Waals surface area contributed by atoms with Crippen LogP contribution in [0.3, 0.4) is 0 Å². The van der Waals surface area contributed by atoms with E-state index in [2.05, 4.69) is 0 Å². The number of hydrogen-bond donors (Lipinski definition) is 0. The SMILES string of the molecule is O=C(Cc1ccccc1)Oc1ccc([S+](c2ccc(OC(=O)Cc3ccccc3)cc2)c2ccc(OC(=O)Cc3ccccc3)cc2)cc1. The fraction of sp³-hybridized carbons (Fsp3) is 0.0714. The molecule has 242 valence electrons. The zero-order chi connectivity index (χ0) is 33.8. The van der Waals surface area contributed by atoms with E-state index in [0.717, 1.165) is 31.4 Å². The van der Waals surface area contributed by atoms with Crippen molar-refractivity contribution >= 4 is 28.8 Å². The van der Waals surface area contributed by atoms with Gasteiger partial charge in [0.25, 0.3) is 0 Å². The third kappa shape index (κ3) is 9.56. The summed E-state index contributed by atoms with van der Waals surface area (Å²) in [6, 6.07) is 50.8. The highest BCUT2D eigenvalue weighted by atomic mass is 32.2. The Hall–Kier alpha value is -5.92. The minimum Gasteiger partial charge on any atom is -0.426 e. The Bertz CT molecular complexity index is 1740. The number of carbonyl (C=O) groups excluding carboxylic acids is 3. The lowest BCUT2D eigenvalue weighted by atomic mass is 10.2. The summed E-state index contributed by atoms with van der Waals surface area (Å²) in [6.45, 7) is 0.